The SMILES string of the molecule is Cc1cc(C)cc(N([C@H](C)C(=O)NC(C)C)S(C)(=O)=O)c1. The summed E-state index contributed by atoms with van der Waals surface area (Å²) in [5.41, 5.74) is 2.42. The maximum absolute atomic E-state index is 12.2. The molecule has 0 fully saturated rings. The van der Waals surface area contributed by atoms with E-state index in [1.54, 1.807) is 19.1 Å². The van der Waals surface area contributed by atoms with Gasteiger partial charge in [-0.05, 0) is 57.9 Å². The van der Waals surface area contributed by atoms with Crippen LogP contribution in [0.15, 0.2) is 18.2 Å². The summed E-state index contributed by atoms with van der Waals surface area (Å²) in [6, 6.07) is 4.66. The molecule has 0 saturated carbocycles. The van der Waals surface area contributed by atoms with Gasteiger partial charge in [0.05, 0.1) is 11.9 Å². The van der Waals surface area contributed by atoms with Crippen LogP contribution in [0.1, 0.15) is 31.9 Å². The fraction of sp³-hybridized carbons (Fsp3) is 0.533. The van der Waals surface area contributed by atoms with E-state index in [-0.39, 0.29) is 11.9 Å². The van der Waals surface area contributed by atoms with Crippen molar-refractivity contribution in [2.75, 3.05) is 10.6 Å². The summed E-state index contributed by atoms with van der Waals surface area (Å²) in [4.78, 5) is 12.2. The molecule has 21 heavy (non-hydrogen) atoms. The van der Waals surface area contributed by atoms with Crippen LogP contribution in [0.5, 0.6) is 0 Å². The van der Waals surface area contributed by atoms with Crippen molar-refractivity contribution in [3.8, 4) is 0 Å². The van der Waals surface area contributed by atoms with Gasteiger partial charge in [-0.15, -0.1) is 0 Å². The molecule has 0 bridgehead atoms. The molecule has 0 aliphatic heterocycles. The van der Waals surface area contributed by atoms with E-state index in [0.29, 0.717) is 5.69 Å². The second-order valence-electron chi connectivity index (χ2n) is 5.74. The van der Waals surface area contributed by atoms with Gasteiger partial charge in [0.15, 0.2) is 0 Å². The first-order valence-corrected chi connectivity index (χ1v) is 8.75. The van der Waals surface area contributed by atoms with Crippen LogP contribution < -0.4 is 9.62 Å². The minimum atomic E-state index is -3.56. The maximum Gasteiger partial charge on any atom is 0.243 e. The number of sulfonamides is 1. The number of nitrogens with zero attached hydrogens (tertiary/aromatic N) is 1. The minimum Gasteiger partial charge on any atom is -0.352 e. The Morgan fingerprint density at radius 2 is 1.57 bits per heavy atom. The molecule has 0 saturated heterocycles. The van der Waals surface area contributed by atoms with Crippen LogP contribution in [0, 0.1) is 13.8 Å². The number of carbonyl (C=O) groups is 1. The predicted octanol–water partition coefficient (Wildman–Crippen LogP) is 1.98. The molecular weight excluding hydrogens is 288 g/mol. The summed E-state index contributed by atoms with van der Waals surface area (Å²) in [5.74, 6) is -0.311. The van der Waals surface area contributed by atoms with Gasteiger partial charge in [-0.1, -0.05) is 6.07 Å². The molecule has 5 nitrogen and oxygen atoms in total. The summed E-state index contributed by atoms with van der Waals surface area (Å²) in [6.45, 7) is 9.07. The first kappa shape index (κ1) is 17.5. The van der Waals surface area contributed by atoms with E-state index in [2.05, 4.69) is 5.32 Å². The molecule has 6 heteroatoms. The van der Waals surface area contributed by atoms with Crippen molar-refractivity contribution in [1.82, 2.24) is 5.32 Å². The Bertz CT molecular complexity index is 604. The number of hydrogen-bond acceptors (Lipinski definition) is 3. The zero-order valence-corrected chi connectivity index (χ0v) is 14.3. The molecule has 0 aromatic heterocycles. The van der Waals surface area contributed by atoms with E-state index in [0.717, 1.165) is 17.4 Å². The Kier molecular flexibility index (Phi) is 5.39. The summed E-state index contributed by atoms with van der Waals surface area (Å²) >= 11 is 0. The Balaban J connectivity index is 3.27. The fourth-order valence-electron chi connectivity index (χ4n) is 2.29. The first-order chi connectivity index (χ1) is 9.52. The zero-order valence-electron chi connectivity index (χ0n) is 13.5. The number of hydrogen-bond donors (Lipinski definition) is 1. The summed E-state index contributed by atoms with van der Waals surface area (Å²) < 4.78 is 25.4. The zero-order chi connectivity index (χ0) is 16.4. The predicted molar refractivity (Wildman–Crippen MR) is 86.0 cm³/mol. The van der Waals surface area contributed by atoms with E-state index < -0.39 is 16.1 Å². The van der Waals surface area contributed by atoms with Gasteiger partial charge in [0.25, 0.3) is 0 Å². The maximum atomic E-state index is 12.2. The highest BCUT2D eigenvalue weighted by atomic mass is 32.2. The van der Waals surface area contributed by atoms with Crippen molar-refractivity contribution in [2.24, 2.45) is 0 Å². The van der Waals surface area contributed by atoms with E-state index in [9.17, 15) is 13.2 Å². The standard InChI is InChI=1S/C15H24N2O3S/c1-10(2)16-15(18)13(5)17(21(6,19)20)14-8-11(3)7-12(4)9-14/h7-10,13H,1-6H3,(H,16,18)/t13-/m1/s1. The van der Waals surface area contributed by atoms with Gasteiger partial charge in [-0.2, -0.15) is 0 Å². The molecule has 0 unspecified atom stereocenters. The van der Waals surface area contributed by atoms with Crippen molar-refractivity contribution < 1.29 is 13.2 Å². The topological polar surface area (TPSA) is 66.5 Å². The lowest BCUT2D eigenvalue weighted by atomic mass is 10.1. The van der Waals surface area contributed by atoms with Gasteiger partial charge in [-0.25, -0.2) is 8.42 Å². The lowest BCUT2D eigenvalue weighted by Gasteiger charge is -2.29. The monoisotopic (exact) mass is 312 g/mol. The number of amides is 1. The normalized spacial score (nSPS) is 13.1. The Morgan fingerprint density at radius 1 is 1.10 bits per heavy atom. The second kappa shape index (κ2) is 6.47. The molecule has 1 aromatic rings. The van der Waals surface area contributed by atoms with Crippen LogP contribution in [0.4, 0.5) is 5.69 Å². The van der Waals surface area contributed by atoms with Crippen LogP contribution in [0.2, 0.25) is 0 Å². The number of anilines is 1. The fourth-order valence-corrected chi connectivity index (χ4v) is 3.45. The van der Waals surface area contributed by atoms with Crippen molar-refractivity contribution in [1.29, 1.82) is 0 Å². The van der Waals surface area contributed by atoms with E-state index in [1.165, 1.54) is 4.31 Å². The number of aryl methyl sites for hydroxylation is 2. The average molecular weight is 312 g/mol. The highest BCUT2D eigenvalue weighted by Gasteiger charge is 2.29. The van der Waals surface area contributed by atoms with Gasteiger partial charge in [-0.3, -0.25) is 9.10 Å². The van der Waals surface area contributed by atoms with Crippen LogP contribution in [-0.4, -0.2) is 32.7 Å². The molecule has 0 spiro atoms. The third-order valence-electron chi connectivity index (χ3n) is 2.98. The highest BCUT2D eigenvalue weighted by Crippen LogP contribution is 2.23. The summed E-state index contributed by atoms with van der Waals surface area (Å²) in [7, 11) is -3.56. The van der Waals surface area contributed by atoms with E-state index in [4.69, 9.17) is 0 Å². The minimum absolute atomic E-state index is 0.0411. The molecular formula is C15H24N2O3S. The molecule has 1 N–H and O–H groups in total. The van der Waals surface area contributed by atoms with Crippen LogP contribution in [0.3, 0.4) is 0 Å². The average Bonchev–Trinajstić information content (AvgIpc) is 2.24. The first-order valence-electron chi connectivity index (χ1n) is 6.90. The van der Waals surface area contributed by atoms with Gasteiger partial charge in [0.2, 0.25) is 15.9 Å². The summed E-state index contributed by atoms with van der Waals surface area (Å²) in [5, 5.41) is 2.75. The molecule has 1 amide bonds. The Labute approximate surface area is 127 Å². The molecule has 0 aliphatic rings. The van der Waals surface area contributed by atoms with Crippen molar-refractivity contribution in [3.05, 3.63) is 29.3 Å². The van der Waals surface area contributed by atoms with E-state index in [1.807, 2.05) is 33.8 Å². The number of rotatable bonds is 5. The van der Waals surface area contributed by atoms with Crippen molar-refractivity contribution in [2.45, 2.75) is 46.7 Å². The molecule has 0 aliphatic carbocycles. The number of benzene rings is 1. The third kappa shape index (κ3) is 4.74. The molecule has 0 heterocycles. The molecule has 1 aromatic carbocycles. The van der Waals surface area contributed by atoms with Gasteiger partial charge in [0.1, 0.15) is 6.04 Å². The van der Waals surface area contributed by atoms with Crippen LogP contribution in [-0.2, 0) is 14.8 Å². The molecule has 118 valence electrons. The lowest BCUT2D eigenvalue weighted by molar-refractivity contribution is -0.122. The Morgan fingerprint density at radius 3 is 1.95 bits per heavy atom. The molecule has 1 atom stereocenters. The summed E-state index contributed by atoms with van der Waals surface area (Å²) in [6.07, 6.45) is 1.11. The van der Waals surface area contributed by atoms with Gasteiger partial charge in [0, 0.05) is 6.04 Å². The largest absolute Gasteiger partial charge is 0.352 e. The number of nitrogens with one attached hydrogen (secondary N) is 1. The smallest absolute Gasteiger partial charge is 0.243 e. The number of carbonyl (C=O) groups excluding carboxylic acids is 1. The quantitative estimate of drug-likeness (QED) is 0.904. The lowest BCUT2D eigenvalue weighted by Crippen LogP contribution is -2.49. The second-order valence-corrected chi connectivity index (χ2v) is 7.60. The highest BCUT2D eigenvalue weighted by molar-refractivity contribution is 7.92. The molecule has 1 rings (SSSR count). The van der Waals surface area contributed by atoms with Crippen molar-refractivity contribution >= 4 is 21.6 Å². The third-order valence-corrected chi connectivity index (χ3v) is 4.22. The van der Waals surface area contributed by atoms with E-state index >= 15 is 0 Å². The van der Waals surface area contributed by atoms with Crippen molar-refractivity contribution in [3.63, 3.8) is 0 Å². The molecule has 0 radical (unpaired) electrons. The Hall–Kier alpha value is -1.56. The van der Waals surface area contributed by atoms with Crippen LogP contribution >= 0.6 is 0 Å². The van der Waals surface area contributed by atoms with Gasteiger partial charge >= 0.3 is 0 Å². The van der Waals surface area contributed by atoms with Gasteiger partial charge < -0.3 is 5.32 Å². The van der Waals surface area contributed by atoms with Crippen LogP contribution in [0.25, 0.3) is 0 Å².